The third kappa shape index (κ3) is 7.15. The number of nitrogens with one attached hydrogen (secondary N) is 1. The van der Waals surface area contributed by atoms with Crippen LogP contribution in [0.3, 0.4) is 0 Å². The average Bonchev–Trinajstić information content (AvgIpc) is 3.46. The van der Waals surface area contributed by atoms with Crippen molar-refractivity contribution < 1.29 is 14.3 Å². The molecule has 2 atom stereocenters. The fraction of sp³-hybridized carbons (Fsp3) is 0.417. The Bertz CT molecular complexity index is 843. The number of hydrogen-bond donors (Lipinski definition) is 1. The van der Waals surface area contributed by atoms with Crippen molar-refractivity contribution in [1.29, 1.82) is 0 Å². The highest BCUT2D eigenvalue weighted by Crippen LogP contribution is 2.38. The molecule has 1 aliphatic carbocycles. The highest BCUT2D eigenvalue weighted by Gasteiger charge is 2.34. The first-order valence-electron chi connectivity index (χ1n) is 10.4. The third-order valence-corrected chi connectivity index (χ3v) is 5.60. The van der Waals surface area contributed by atoms with Gasteiger partial charge in [-0.2, -0.15) is 0 Å². The van der Waals surface area contributed by atoms with E-state index in [1.54, 1.807) is 24.3 Å². The number of anilines is 1. The Morgan fingerprint density at radius 2 is 1.93 bits per heavy atom. The molecule has 3 rings (SSSR count). The lowest BCUT2D eigenvalue weighted by molar-refractivity contribution is -0.113. The summed E-state index contributed by atoms with van der Waals surface area (Å²) in [7, 11) is 0. The number of rotatable bonds is 12. The number of carbonyl (C=O) groups is 2. The Kier molecular flexibility index (Phi) is 8.29. The van der Waals surface area contributed by atoms with E-state index in [-0.39, 0.29) is 17.6 Å². The zero-order valence-corrected chi connectivity index (χ0v) is 18.1. The van der Waals surface area contributed by atoms with E-state index in [0.717, 1.165) is 31.2 Å². The summed E-state index contributed by atoms with van der Waals surface area (Å²) in [6.07, 6.45) is 2.08. The number of nitrogens with zero attached hydrogens (tertiary/aromatic N) is 1. The van der Waals surface area contributed by atoms with Crippen molar-refractivity contribution in [3.8, 4) is 5.75 Å². The van der Waals surface area contributed by atoms with Crippen LogP contribution in [0.25, 0.3) is 0 Å². The molecule has 1 N–H and O–H groups in total. The van der Waals surface area contributed by atoms with Gasteiger partial charge in [-0.05, 0) is 48.9 Å². The van der Waals surface area contributed by atoms with Crippen LogP contribution >= 0.6 is 11.6 Å². The molecule has 2 aromatic rings. The van der Waals surface area contributed by atoms with Crippen LogP contribution in [0.4, 0.5) is 5.69 Å². The van der Waals surface area contributed by atoms with Gasteiger partial charge in [-0.1, -0.05) is 37.3 Å². The van der Waals surface area contributed by atoms with Crippen LogP contribution in [0.1, 0.15) is 30.1 Å². The van der Waals surface area contributed by atoms with Crippen LogP contribution in [0.2, 0.25) is 0 Å². The van der Waals surface area contributed by atoms with E-state index in [4.69, 9.17) is 16.3 Å². The molecule has 0 bridgehead atoms. The van der Waals surface area contributed by atoms with Gasteiger partial charge in [0.05, 0.1) is 13.2 Å². The molecule has 1 amide bonds. The van der Waals surface area contributed by atoms with Crippen molar-refractivity contribution in [2.24, 2.45) is 11.8 Å². The van der Waals surface area contributed by atoms with Crippen molar-refractivity contribution in [2.75, 3.05) is 37.4 Å². The zero-order valence-electron chi connectivity index (χ0n) is 17.4. The molecule has 0 aliphatic heterocycles. The number of ketones is 1. The van der Waals surface area contributed by atoms with E-state index < -0.39 is 0 Å². The van der Waals surface area contributed by atoms with Crippen molar-refractivity contribution >= 4 is 29.0 Å². The summed E-state index contributed by atoms with van der Waals surface area (Å²) in [5.41, 5.74) is 1.18. The standard InChI is InChI=1S/C24H29ClN2O3/c1-18-13-20(18)16-27(11-6-12-30-22-9-3-2-4-10-22)17-23(28)19-7-5-8-21(14-19)26-24(29)15-25/h2-5,7-10,14,18,20H,6,11-13,15-17H2,1H3,(H,26,29). The second-order valence-electron chi connectivity index (χ2n) is 7.91. The molecule has 1 saturated carbocycles. The molecule has 2 aromatic carbocycles. The minimum Gasteiger partial charge on any atom is -0.494 e. The van der Waals surface area contributed by atoms with E-state index in [2.05, 4.69) is 17.1 Å². The third-order valence-electron chi connectivity index (χ3n) is 5.36. The van der Waals surface area contributed by atoms with Crippen LogP contribution < -0.4 is 10.1 Å². The number of halogens is 1. The van der Waals surface area contributed by atoms with Crippen LogP contribution in [-0.2, 0) is 4.79 Å². The number of hydrogen-bond acceptors (Lipinski definition) is 4. The number of Topliss-reactive ketones (excluding diaryl/α,β-unsaturated/α-hetero) is 1. The van der Waals surface area contributed by atoms with E-state index in [0.29, 0.717) is 30.3 Å². The van der Waals surface area contributed by atoms with Crippen molar-refractivity contribution in [3.05, 3.63) is 60.2 Å². The van der Waals surface area contributed by atoms with E-state index >= 15 is 0 Å². The molecule has 0 heterocycles. The van der Waals surface area contributed by atoms with Crippen molar-refractivity contribution in [2.45, 2.75) is 19.8 Å². The monoisotopic (exact) mass is 428 g/mol. The molecule has 30 heavy (non-hydrogen) atoms. The quantitative estimate of drug-likeness (QED) is 0.308. The number of alkyl halides is 1. The molecule has 0 radical (unpaired) electrons. The molecule has 5 nitrogen and oxygen atoms in total. The lowest BCUT2D eigenvalue weighted by Crippen LogP contribution is -2.33. The van der Waals surface area contributed by atoms with Crippen LogP contribution in [0.5, 0.6) is 5.75 Å². The predicted octanol–water partition coefficient (Wildman–Crippen LogP) is 4.47. The Balaban J connectivity index is 1.53. The molecule has 1 aliphatic rings. The normalized spacial score (nSPS) is 17.6. The number of ether oxygens (including phenoxy) is 1. The zero-order chi connectivity index (χ0) is 21.3. The molecule has 1 fully saturated rings. The largest absolute Gasteiger partial charge is 0.494 e. The van der Waals surface area contributed by atoms with E-state index in [9.17, 15) is 9.59 Å². The van der Waals surface area contributed by atoms with Gasteiger partial charge in [-0.3, -0.25) is 14.5 Å². The molecular weight excluding hydrogens is 400 g/mol. The summed E-state index contributed by atoms with van der Waals surface area (Å²) in [5.74, 6) is 1.92. The summed E-state index contributed by atoms with van der Waals surface area (Å²) in [6.45, 7) is 4.98. The maximum absolute atomic E-state index is 12.9. The highest BCUT2D eigenvalue weighted by molar-refractivity contribution is 6.29. The van der Waals surface area contributed by atoms with E-state index in [1.165, 1.54) is 6.42 Å². The summed E-state index contributed by atoms with van der Waals surface area (Å²) >= 11 is 5.54. The number of benzene rings is 2. The Labute approximate surface area is 183 Å². The average molecular weight is 429 g/mol. The van der Waals surface area contributed by atoms with Gasteiger partial charge >= 0.3 is 0 Å². The highest BCUT2D eigenvalue weighted by atomic mass is 35.5. The minimum atomic E-state index is -0.288. The minimum absolute atomic E-state index is 0.0502. The molecule has 160 valence electrons. The summed E-state index contributed by atoms with van der Waals surface area (Å²) in [6, 6.07) is 16.8. The van der Waals surface area contributed by atoms with Gasteiger partial charge in [0.1, 0.15) is 11.6 Å². The molecule has 0 spiro atoms. The molecule has 2 unspecified atom stereocenters. The molecule has 0 saturated heterocycles. The van der Waals surface area contributed by atoms with Gasteiger partial charge in [0, 0.05) is 24.3 Å². The Morgan fingerprint density at radius 3 is 2.63 bits per heavy atom. The molecular formula is C24H29ClN2O3. The first kappa shape index (κ1) is 22.3. The fourth-order valence-electron chi connectivity index (χ4n) is 3.47. The molecule has 6 heteroatoms. The van der Waals surface area contributed by atoms with Gasteiger partial charge in [0.25, 0.3) is 0 Å². The lowest BCUT2D eigenvalue weighted by Gasteiger charge is -2.22. The maximum Gasteiger partial charge on any atom is 0.239 e. The van der Waals surface area contributed by atoms with Crippen LogP contribution in [0.15, 0.2) is 54.6 Å². The number of para-hydroxylation sites is 1. The van der Waals surface area contributed by atoms with Crippen LogP contribution in [-0.4, -0.2) is 48.7 Å². The second kappa shape index (κ2) is 11.1. The van der Waals surface area contributed by atoms with Gasteiger partial charge in [0.2, 0.25) is 5.91 Å². The van der Waals surface area contributed by atoms with Gasteiger partial charge in [0.15, 0.2) is 5.78 Å². The first-order valence-corrected chi connectivity index (χ1v) is 11.0. The van der Waals surface area contributed by atoms with Gasteiger partial charge in [-0.25, -0.2) is 0 Å². The summed E-state index contributed by atoms with van der Waals surface area (Å²) in [5, 5.41) is 2.69. The van der Waals surface area contributed by atoms with Crippen molar-refractivity contribution in [1.82, 2.24) is 4.90 Å². The lowest BCUT2D eigenvalue weighted by atomic mass is 10.1. The smallest absolute Gasteiger partial charge is 0.239 e. The van der Waals surface area contributed by atoms with Crippen molar-refractivity contribution in [3.63, 3.8) is 0 Å². The van der Waals surface area contributed by atoms with Gasteiger partial charge in [-0.15, -0.1) is 11.6 Å². The maximum atomic E-state index is 12.9. The van der Waals surface area contributed by atoms with Gasteiger partial charge < -0.3 is 10.1 Å². The topological polar surface area (TPSA) is 58.6 Å². The summed E-state index contributed by atoms with van der Waals surface area (Å²) in [4.78, 5) is 26.6. The SMILES string of the molecule is CC1CC1CN(CCCOc1ccccc1)CC(=O)c1cccc(NC(=O)CCl)c1. The predicted molar refractivity (Wildman–Crippen MR) is 120 cm³/mol. The second-order valence-corrected chi connectivity index (χ2v) is 8.18. The van der Waals surface area contributed by atoms with E-state index in [1.807, 2.05) is 30.3 Å². The molecule has 0 aromatic heterocycles. The van der Waals surface area contributed by atoms with Crippen LogP contribution in [0, 0.1) is 11.8 Å². The Morgan fingerprint density at radius 1 is 1.17 bits per heavy atom. The Hall–Kier alpha value is -2.37. The fourth-order valence-corrected chi connectivity index (χ4v) is 3.54. The number of amides is 1. The first-order chi connectivity index (χ1) is 14.5. The summed E-state index contributed by atoms with van der Waals surface area (Å²) < 4.78 is 5.79. The number of carbonyl (C=O) groups excluding carboxylic acids is 2.